The molecule has 0 bridgehead atoms. The van der Waals surface area contributed by atoms with Crippen LogP contribution in [-0.4, -0.2) is 98.9 Å². The van der Waals surface area contributed by atoms with Crippen molar-refractivity contribution >= 4 is 13.8 Å². The van der Waals surface area contributed by atoms with E-state index in [0.717, 1.165) is 96.3 Å². The van der Waals surface area contributed by atoms with Crippen molar-refractivity contribution in [3.8, 4) is 0 Å². The average molecular weight is 873 g/mol. The highest BCUT2D eigenvalue weighted by Crippen LogP contribution is 2.47. The number of phosphoric ester groups is 1. The summed E-state index contributed by atoms with van der Waals surface area (Å²) in [5.74, 6) is -0.488. The smallest absolute Gasteiger partial charge is 0.457 e. The van der Waals surface area contributed by atoms with E-state index < -0.39 is 63.1 Å². The SMILES string of the molecule is CC/C=C\C/C=C\C/C=C\CCCCCCCCOCC(COP(=O)(O)OC1C(O)C(O)C(O)C(O)C1O)OC(=O)CCCCCCCCC/C=C\CCCCCCCC. The summed E-state index contributed by atoms with van der Waals surface area (Å²) in [6, 6.07) is 0. The first-order valence-electron chi connectivity index (χ1n) is 23.5. The van der Waals surface area contributed by atoms with Crippen LogP contribution in [0.3, 0.4) is 0 Å². The van der Waals surface area contributed by atoms with Crippen molar-refractivity contribution < 1.29 is 58.3 Å². The molecule has 1 aliphatic rings. The third-order valence-electron chi connectivity index (χ3n) is 10.7. The van der Waals surface area contributed by atoms with Gasteiger partial charge >= 0.3 is 13.8 Å². The van der Waals surface area contributed by atoms with E-state index >= 15 is 0 Å². The Morgan fingerprint density at radius 3 is 1.52 bits per heavy atom. The molecule has 0 heterocycles. The molecule has 0 amide bonds. The quantitative estimate of drug-likeness (QED) is 0.0149. The number of allylic oxidation sites excluding steroid dienone is 8. The summed E-state index contributed by atoms with van der Waals surface area (Å²) in [5, 5.41) is 50.2. The van der Waals surface area contributed by atoms with Crippen molar-refractivity contribution in [1.29, 1.82) is 0 Å². The molecule has 350 valence electrons. The van der Waals surface area contributed by atoms with E-state index in [4.69, 9.17) is 18.5 Å². The Kier molecular flexibility index (Phi) is 35.5. The summed E-state index contributed by atoms with van der Waals surface area (Å²) >= 11 is 0. The molecule has 1 rings (SSSR count). The predicted molar refractivity (Wildman–Crippen MR) is 239 cm³/mol. The summed E-state index contributed by atoms with van der Waals surface area (Å²) in [6.45, 7) is 4.11. The van der Waals surface area contributed by atoms with Crippen LogP contribution in [-0.2, 0) is 27.9 Å². The molecule has 12 nitrogen and oxygen atoms in total. The zero-order valence-corrected chi connectivity index (χ0v) is 38.1. The number of rotatable bonds is 39. The molecule has 1 aliphatic carbocycles. The highest BCUT2D eigenvalue weighted by molar-refractivity contribution is 7.47. The first kappa shape index (κ1) is 56.3. The molecule has 0 aliphatic heterocycles. The van der Waals surface area contributed by atoms with Gasteiger partial charge in [0.05, 0.1) is 13.2 Å². The van der Waals surface area contributed by atoms with Crippen LogP contribution < -0.4 is 0 Å². The number of unbranched alkanes of at least 4 members (excludes halogenated alkanes) is 19. The molecule has 6 atom stereocenters. The van der Waals surface area contributed by atoms with Crippen LogP contribution in [0.15, 0.2) is 48.6 Å². The second-order valence-corrected chi connectivity index (χ2v) is 17.6. The molecule has 0 aromatic heterocycles. The molecule has 1 fully saturated rings. The van der Waals surface area contributed by atoms with Gasteiger partial charge in [-0.1, -0.05) is 152 Å². The molecular weight excluding hydrogens is 787 g/mol. The molecule has 1 saturated carbocycles. The van der Waals surface area contributed by atoms with Gasteiger partial charge in [0, 0.05) is 13.0 Å². The van der Waals surface area contributed by atoms with E-state index in [1.807, 2.05) is 0 Å². The molecule has 0 aromatic rings. The normalized spacial score (nSPS) is 22.7. The fraction of sp³-hybridized carbons (Fsp3) is 0.809. The summed E-state index contributed by atoms with van der Waals surface area (Å²) in [6.07, 6.45) is 33.2. The number of carbonyl (C=O) groups is 1. The van der Waals surface area contributed by atoms with Gasteiger partial charge in [0.15, 0.2) is 0 Å². The topological polar surface area (TPSA) is 192 Å². The fourth-order valence-corrected chi connectivity index (χ4v) is 7.92. The minimum Gasteiger partial charge on any atom is -0.457 e. The third kappa shape index (κ3) is 29.6. The van der Waals surface area contributed by atoms with Gasteiger partial charge in [-0.3, -0.25) is 13.8 Å². The molecule has 0 spiro atoms. The van der Waals surface area contributed by atoms with Crippen molar-refractivity contribution in [3.63, 3.8) is 0 Å². The van der Waals surface area contributed by atoms with Crippen molar-refractivity contribution in [2.75, 3.05) is 19.8 Å². The highest BCUT2D eigenvalue weighted by Gasteiger charge is 2.51. The lowest BCUT2D eigenvalue weighted by Gasteiger charge is -2.41. The van der Waals surface area contributed by atoms with Crippen molar-refractivity contribution in [3.05, 3.63) is 48.6 Å². The van der Waals surface area contributed by atoms with E-state index in [-0.39, 0.29) is 13.0 Å². The minimum absolute atomic E-state index is 0.0881. The Morgan fingerprint density at radius 1 is 0.550 bits per heavy atom. The molecule has 6 N–H and O–H groups in total. The van der Waals surface area contributed by atoms with Crippen molar-refractivity contribution in [1.82, 2.24) is 0 Å². The van der Waals surface area contributed by atoms with Crippen LogP contribution in [0, 0.1) is 0 Å². The van der Waals surface area contributed by atoms with Gasteiger partial charge in [-0.15, -0.1) is 0 Å². The Balaban J connectivity index is 2.40. The number of carbonyl (C=O) groups excluding carboxylic acids is 1. The van der Waals surface area contributed by atoms with E-state index in [9.17, 15) is 39.8 Å². The molecule has 6 unspecified atom stereocenters. The van der Waals surface area contributed by atoms with Gasteiger partial charge in [0.1, 0.15) is 42.7 Å². The number of ether oxygens (including phenoxy) is 2. The maximum absolute atomic E-state index is 12.8. The number of hydrogen-bond acceptors (Lipinski definition) is 11. The van der Waals surface area contributed by atoms with Gasteiger partial charge in [0.25, 0.3) is 0 Å². The van der Waals surface area contributed by atoms with Crippen LogP contribution in [0.1, 0.15) is 181 Å². The molecule has 0 saturated heterocycles. The van der Waals surface area contributed by atoms with Crippen LogP contribution in [0.25, 0.3) is 0 Å². The number of phosphoric acid groups is 1. The van der Waals surface area contributed by atoms with E-state index in [1.54, 1.807) is 0 Å². The first-order chi connectivity index (χ1) is 29.0. The average Bonchev–Trinajstić information content (AvgIpc) is 3.23. The van der Waals surface area contributed by atoms with Crippen molar-refractivity contribution in [2.24, 2.45) is 0 Å². The van der Waals surface area contributed by atoms with Crippen LogP contribution >= 0.6 is 7.82 Å². The summed E-state index contributed by atoms with van der Waals surface area (Å²) in [4.78, 5) is 23.2. The monoisotopic (exact) mass is 873 g/mol. The Bertz CT molecular complexity index is 1180. The molecular formula is C47H85O12P. The van der Waals surface area contributed by atoms with E-state index in [0.29, 0.717) is 13.0 Å². The van der Waals surface area contributed by atoms with E-state index in [1.165, 1.54) is 57.8 Å². The summed E-state index contributed by atoms with van der Waals surface area (Å²) in [7, 11) is -5.02. The lowest BCUT2D eigenvalue weighted by molar-refractivity contribution is -0.220. The third-order valence-corrected chi connectivity index (χ3v) is 11.7. The number of hydrogen-bond donors (Lipinski definition) is 6. The van der Waals surface area contributed by atoms with Gasteiger partial charge in [-0.2, -0.15) is 0 Å². The van der Waals surface area contributed by atoms with Gasteiger partial charge in [-0.05, 0) is 70.6 Å². The standard InChI is InChI=1S/C47H85O12P/c1-3-5-7-9-11-13-15-17-19-21-22-24-26-28-30-32-34-36-41(48)58-40(39-57-60(54,55)59-47-45(52)43(50)42(49)44(51)46(47)53)38-56-37-35-33-31-29-27-25-23-20-18-16-14-12-10-8-6-4-2/h6,8,12,14,17-20,40,42-47,49-53H,3-5,7,9-11,13,15-16,21-39H2,1-2H3,(H,54,55)/b8-6-,14-12-,19-17-,20-18-. The minimum atomic E-state index is -5.02. The second kappa shape index (κ2) is 37.8. The maximum Gasteiger partial charge on any atom is 0.472 e. The first-order valence-corrected chi connectivity index (χ1v) is 25.0. The predicted octanol–water partition coefficient (Wildman–Crippen LogP) is 9.64. The summed E-state index contributed by atoms with van der Waals surface area (Å²) < 4.78 is 34.2. The van der Waals surface area contributed by atoms with Crippen LogP contribution in [0.5, 0.6) is 0 Å². The number of aliphatic hydroxyl groups is 5. The largest absolute Gasteiger partial charge is 0.472 e. The second-order valence-electron chi connectivity index (χ2n) is 16.2. The lowest BCUT2D eigenvalue weighted by Crippen LogP contribution is -2.64. The Labute approximate surface area is 363 Å². The molecule has 0 radical (unpaired) electrons. The van der Waals surface area contributed by atoms with Crippen molar-refractivity contribution in [2.45, 2.75) is 224 Å². The zero-order valence-electron chi connectivity index (χ0n) is 37.2. The van der Waals surface area contributed by atoms with Gasteiger partial charge in [-0.25, -0.2) is 4.57 Å². The van der Waals surface area contributed by atoms with Crippen LogP contribution in [0.2, 0.25) is 0 Å². The highest BCUT2D eigenvalue weighted by atomic mass is 31.2. The fourth-order valence-electron chi connectivity index (χ4n) is 6.95. The van der Waals surface area contributed by atoms with Gasteiger partial charge in [0.2, 0.25) is 0 Å². The summed E-state index contributed by atoms with van der Waals surface area (Å²) in [5.41, 5.74) is 0. The molecule has 60 heavy (non-hydrogen) atoms. The molecule has 0 aromatic carbocycles. The maximum atomic E-state index is 12.8. The number of esters is 1. The molecule has 13 heteroatoms. The van der Waals surface area contributed by atoms with Gasteiger partial charge < -0.3 is 39.9 Å². The lowest BCUT2D eigenvalue weighted by atomic mass is 9.85. The van der Waals surface area contributed by atoms with E-state index in [2.05, 4.69) is 62.5 Å². The van der Waals surface area contributed by atoms with Crippen LogP contribution in [0.4, 0.5) is 0 Å². The Hall–Kier alpha value is -1.70. The Morgan fingerprint density at radius 2 is 0.983 bits per heavy atom. The zero-order chi connectivity index (χ0) is 44.1. The number of aliphatic hydroxyl groups excluding tert-OH is 5.